The summed E-state index contributed by atoms with van der Waals surface area (Å²) in [5.41, 5.74) is 2.94. The molecule has 0 unspecified atom stereocenters. The SMILES string of the molecule is Cc1ccc(NC(=O)C2(c3ccc4c(c3)OC(F)(F)O4)CC2)nc1-c1cccc(C(=O)NCCOCCOCC(=O)NCCNc2ccc3c(=O)n(CC4(O)CCN(C(=O)[C@H](C)Cc5ccccc5)CC4)cnc3c2)c1. The van der Waals surface area contributed by atoms with Gasteiger partial charge in [-0.25, -0.2) is 9.97 Å². The minimum Gasteiger partial charge on any atom is -0.395 e. The van der Waals surface area contributed by atoms with Crippen molar-refractivity contribution in [1.82, 2.24) is 30.1 Å². The topological polar surface area (TPSA) is 225 Å². The van der Waals surface area contributed by atoms with E-state index in [2.05, 4.69) is 35.7 Å². The Labute approximate surface area is 437 Å². The maximum Gasteiger partial charge on any atom is 0.586 e. The lowest BCUT2D eigenvalue weighted by Gasteiger charge is -2.39. The molecule has 3 aliphatic rings. The van der Waals surface area contributed by atoms with Crippen LogP contribution in [0.1, 0.15) is 59.7 Å². The molecule has 0 bridgehead atoms. The van der Waals surface area contributed by atoms with Crippen molar-refractivity contribution in [2.24, 2.45) is 5.92 Å². The lowest BCUT2D eigenvalue weighted by Crippen LogP contribution is -2.50. The predicted molar refractivity (Wildman–Crippen MR) is 278 cm³/mol. The summed E-state index contributed by atoms with van der Waals surface area (Å²) in [5.74, 6) is -0.997. The molecule has 4 amide bonds. The molecule has 1 atom stereocenters. The number of ether oxygens (including phenoxy) is 4. The van der Waals surface area contributed by atoms with Crippen molar-refractivity contribution in [1.29, 1.82) is 0 Å². The summed E-state index contributed by atoms with van der Waals surface area (Å²) in [4.78, 5) is 76.6. The van der Waals surface area contributed by atoms with E-state index in [1.165, 1.54) is 23.0 Å². The van der Waals surface area contributed by atoms with Crippen molar-refractivity contribution in [3.63, 3.8) is 0 Å². The zero-order valence-corrected chi connectivity index (χ0v) is 42.2. The summed E-state index contributed by atoms with van der Waals surface area (Å²) < 4.78 is 48.8. The van der Waals surface area contributed by atoms with E-state index in [1.54, 1.807) is 53.4 Å². The summed E-state index contributed by atoms with van der Waals surface area (Å²) in [6.07, 6.45) is 0.0737. The number of benzene rings is 4. The van der Waals surface area contributed by atoms with E-state index < -0.39 is 17.3 Å². The number of aromatic nitrogens is 3. The Kier molecular flexibility index (Phi) is 16.0. The van der Waals surface area contributed by atoms with Crippen molar-refractivity contribution < 1.29 is 52.0 Å². The lowest BCUT2D eigenvalue weighted by atomic mass is 9.90. The first kappa shape index (κ1) is 53.0. The molecule has 1 saturated heterocycles. The van der Waals surface area contributed by atoms with Crippen LogP contribution < -0.4 is 36.3 Å². The molecule has 2 fully saturated rings. The molecule has 5 N–H and O–H groups in total. The number of amides is 4. The van der Waals surface area contributed by atoms with E-state index in [4.69, 9.17) is 14.5 Å². The number of pyridine rings is 1. The maximum absolute atomic E-state index is 13.6. The van der Waals surface area contributed by atoms with Gasteiger partial charge in [0, 0.05) is 55.5 Å². The zero-order valence-electron chi connectivity index (χ0n) is 42.2. The highest BCUT2D eigenvalue weighted by atomic mass is 19.3. The normalized spacial score (nSPS) is 16.1. The lowest BCUT2D eigenvalue weighted by molar-refractivity contribution is -0.286. The van der Waals surface area contributed by atoms with Crippen LogP contribution in [0.25, 0.3) is 22.2 Å². The summed E-state index contributed by atoms with van der Waals surface area (Å²) in [5, 5.41) is 23.6. The molecule has 1 aliphatic carbocycles. The maximum atomic E-state index is 13.6. The molecule has 398 valence electrons. The summed E-state index contributed by atoms with van der Waals surface area (Å²) in [6, 6.07) is 29.9. The molecule has 2 aromatic heterocycles. The standard InChI is InChI=1S/C56H60F2N8O10/c1-36-11-16-47(64-53(71)55(17-18-55)41-12-15-45-46(31-41)76-56(57,58)75-45)63-49(36)39-9-6-10-40(30-39)50(68)61-23-26-73-27-28-74-33-48(67)60-22-21-59-42-13-14-43-44(32-42)62-35-66(52(43)70)34-54(72)19-24-65(25-20-54)51(69)37(2)29-38-7-4-3-5-8-38/h3-16,30-32,35,37,59,72H,17-29,33-34H2,1-2H3,(H,60,67)(H,61,68)(H,63,64,71)/t37-/m1/s1. The van der Waals surface area contributed by atoms with Crippen molar-refractivity contribution in [2.75, 3.05) is 69.8 Å². The molecule has 0 radical (unpaired) electrons. The number of carbonyl (C=O) groups is 4. The largest absolute Gasteiger partial charge is 0.586 e. The number of halogens is 2. The molecular formula is C56H60F2N8O10. The van der Waals surface area contributed by atoms with Gasteiger partial charge in [-0.05, 0) is 104 Å². The molecule has 9 rings (SSSR count). The van der Waals surface area contributed by atoms with Crippen LogP contribution in [0, 0.1) is 12.8 Å². The van der Waals surface area contributed by atoms with Gasteiger partial charge in [-0.15, -0.1) is 8.78 Å². The van der Waals surface area contributed by atoms with E-state index in [0.29, 0.717) is 103 Å². The number of aryl methyl sites for hydroxylation is 1. The Morgan fingerprint density at radius 3 is 2.38 bits per heavy atom. The van der Waals surface area contributed by atoms with Gasteiger partial charge in [0.15, 0.2) is 11.5 Å². The van der Waals surface area contributed by atoms with Crippen LogP contribution in [0.5, 0.6) is 11.5 Å². The van der Waals surface area contributed by atoms with E-state index in [0.717, 1.165) is 11.1 Å². The van der Waals surface area contributed by atoms with Crippen LogP contribution in [0.2, 0.25) is 0 Å². The zero-order chi connectivity index (χ0) is 53.5. The van der Waals surface area contributed by atoms with Crippen molar-refractivity contribution in [2.45, 2.75) is 69.8 Å². The van der Waals surface area contributed by atoms with Crippen molar-refractivity contribution in [3.8, 4) is 22.8 Å². The van der Waals surface area contributed by atoms with E-state index in [-0.39, 0.29) is 86.1 Å². The Bertz CT molecular complexity index is 3160. The van der Waals surface area contributed by atoms with Crippen LogP contribution in [0.15, 0.2) is 114 Å². The van der Waals surface area contributed by atoms with Crippen molar-refractivity contribution in [3.05, 3.63) is 142 Å². The van der Waals surface area contributed by atoms with E-state index in [1.807, 2.05) is 56.3 Å². The number of hydrogen-bond acceptors (Lipinski definition) is 13. The molecule has 4 aromatic carbocycles. The Balaban J connectivity index is 0.638. The van der Waals surface area contributed by atoms with Crippen LogP contribution in [-0.2, 0) is 42.2 Å². The fourth-order valence-electron chi connectivity index (χ4n) is 9.50. The number of nitrogens with zero attached hydrogens (tertiary/aromatic N) is 4. The number of rotatable bonds is 22. The van der Waals surface area contributed by atoms with Crippen LogP contribution in [0.3, 0.4) is 0 Å². The highest BCUT2D eigenvalue weighted by molar-refractivity contribution is 6.01. The average Bonchev–Trinajstić information content (AvgIpc) is 4.24. The van der Waals surface area contributed by atoms with Gasteiger partial charge in [0.25, 0.3) is 11.5 Å². The fourth-order valence-corrected chi connectivity index (χ4v) is 9.50. The molecule has 6 aromatic rings. The molecule has 1 saturated carbocycles. The quantitative estimate of drug-likeness (QED) is 0.0494. The highest BCUT2D eigenvalue weighted by Crippen LogP contribution is 2.52. The van der Waals surface area contributed by atoms with E-state index >= 15 is 0 Å². The fraction of sp³-hybridized carbons (Fsp3) is 0.375. The number of piperidine rings is 1. The van der Waals surface area contributed by atoms with Crippen LogP contribution in [-0.4, -0.2) is 119 Å². The van der Waals surface area contributed by atoms with Crippen LogP contribution in [0.4, 0.5) is 20.3 Å². The number of likely N-dealkylation sites (tertiary alicyclic amines) is 1. The predicted octanol–water partition coefficient (Wildman–Crippen LogP) is 5.98. The number of fused-ring (bicyclic) bond motifs is 2. The molecular weight excluding hydrogens is 983 g/mol. The Morgan fingerprint density at radius 1 is 0.816 bits per heavy atom. The smallest absolute Gasteiger partial charge is 0.395 e. The molecule has 0 spiro atoms. The number of nitrogens with one attached hydrogen (secondary N) is 4. The van der Waals surface area contributed by atoms with Gasteiger partial charge >= 0.3 is 6.29 Å². The number of carbonyl (C=O) groups excluding carboxylic acids is 4. The first-order valence-corrected chi connectivity index (χ1v) is 25.4. The molecule has 2 aliphatic heterocycles. The Hall–Kier alpha value is -7.81. The second-order valence-electron chi connectivity index (χ2n) is 19.6. The molecule has 20 heteroatoms. The third kappa shape index (κ3) is 12.8. The van der Waals surface area contributed by atoms with Crippen molar-refractivity contribution >= 4 is 46.0 Å². The molecule has 76 heavy (non-hydrogen) atoms. The molecule has 18 nitrogen and oxygen atoms in total. The second-order valence-corrected chi connectivity index (χ2v) is 19.6. The molecule has 4 heterocycles. The summed E-state index contributed by atoms with van der Waals surface area (Å²) in [7, 11) is 0. The van der Waals surface area contributed by atoms with E-state index in [9.17, 15) is 37.9 Å². The van der Waals surface area contributed by atoms with Gasteiger partial charge < -0.3 is 50.2 Å². The number of alkyl halides is 2. The summed E-state index contributed by atoms with van der Waals surface area (Å²) in [6.45, 7) is 6.02. The van der Waals surface area contributed by atoms with Crippen LogP contribution >= 0.6 is 0 Å². The summed E-state index contributed by atoms with van der Waals surface area (Å²) >= 11 is 0. The first-order valence-electron chi connectivity index (χ1n) is 25.4. The van der Waals surface area contributed by atoms with Gasteiger partial charge in [0.1, 0.15) is 12.4 Å². The monoisotopic (exact) mass is 1040 g/mol. The average molecular weight is 1040 g/mol. The minimum atomic E-state index is -3.76. The number of aliphatic hydroxyl groups is 1. The number of hydrogen-bond donors (Lipinski definition) is 5. The van der Waals surface area contributed by atoms with Gasteiger partial charge in [0.05, 0.1) is 60.3 Å². The minimum absolute atomic E-state index is 0.0610. The number of anilines is 2. The third-order valence-electron chi connectivity index (χ3n) is 13.9. The second kappa shape index (κ2) is 23.0. The Morgan fingerprint density at radius 2 is 1.59 bits per heavy atom. The van der Waals surface area contributed by atoms with Gasteiger partial charge in [-0.3, -0.25) is 28.5 Å². The van der Waals surface area contributed by atoms with Gasteiger partial charge in [0.2, 0.25) is 17.7 Å². The third-order valence-corrected chi connectivity index (χ3v) is 13.9. The first-order chi connectivity index (χ1) is 36.6. The highest BCUT2D eigenvalue weighted by Gasteiger charge is 2.53. The van der Waals surface area contributed by atoms with Gasteiger partial charge in [-0.2, -0.15) is 0 Å². The van der Waals surface area contributed by atoms with Gasteiger partial charge in [-0.1, -0.05) is 61.5 Å².